The van der Waals surface area contributed by atoms with E-state index in [-0.39, 0.29) is 30.5 Å². The summed E-state index contributed by atoms with van der Waals surface area (Å²) in [7, 11) is 3.98. The van der Waals surface area contributed by atoms with Gasteiger partial charge in [0.15, 0.2) is 6.61 Å². The van der Waals surface area contributed by atoms with Crippen LogP contribution in [0.2, 0.25) is 5.02 Å². The Morgan fingerprint density at radius 1 is 1.03 bits per heavy atom. The van der Waals surface area contributed by atoms with E-state index in [9.17, 15) is 9.59 Å². The van der Waals surface area contributed by atoms with E-state index >= 15 is 0 Å². The molecule has 6 nitrogen and oxygen atoms in total. The molecular formula is C28H36ClN3O3. The molecule has 2 fully saturated rings. The molecule has 1 atom stereocenters. The SMILES string of the molecule is CN1CCC[C@H](NC(=O)COc2ccc(C3CCC(N(C)C(=O)c4ccc(Cl)cc4)CC3)cc2)C1. The maximum Gasteiger partial charge on any atom is 0.258 e. The predicted molar refractivity (Wildman–Crippen MR) is 139 cm³/mol. The highest BCUT2D eigenvalue weighted by atomic mass is 35.5. The Hall–Kier alpha value is -2.57. The minimum atomic E-state index is -0.0648. The van der Waals surface area contributed by atoms with Crippen LogP contribution in [0.15, 0.2) is 48.5 Å². The minimum absolute atomic E-state index is 0.0403. The molecule has 1 saturated heterocycles. The molecule has 2 aromatic rings. The van der Waals surface area contributed by atoms with Crippen LogP contribution in [0.25, 0.3) is 0 Å². The predicted octanol–water partition coefficient (Wildman–Crippen LogP) is 4.73. The quantitative estimate of drug-likeness (QED) is 0.601. The number of carbonyl (C=O) groups excluding carboxylic acids is 2. The Bertz CT molecular complexity index is 988. The Labute approximate surface area is 213 Å². The van der Waals surface area contributed by atoms with Gasteiger partial charge in [0.1, 0.15) is 5.75 Å². The molecule has 4 rings (SSSR count). The number of piperidine rings is 1. The first-order valence-electron chi connectivity index (χ1n) is 12.6. The summed E-state index contributed by atoms with van der Waals surface area (Å²) >= 11 is 5.95. The van der Waals surface area contributed by atoms with Crippen molar-refractivity contribution in [3.8, 4) is 5.75 Å². The second-order valence-corrected chi connectivity index (χ2v) is 10.4. The standard InChI is InChI=1S/C28H36ClN3O3/c1-31-17-3-4-24(18-31)30-27(33)19-35-26-15-9-21(10-16-26)20-7-13-25(14-8-20)32(2)28(34)22-5-11-23(29)12-6-22/h5-6,9-12,15-16,20,24-25H,3-4,7-8,13-14,17-19H2,1-2H3,(H,30,33)/t20?,24-,25?/m0/s1. The summed E-state index contributed by atoms with van der Waals surface area (Å²) in [5.74, 6) is 1.17. The van der Waals surface area contributed by atoms with Crippen molar-refractivity contribution in [1.29, 1.82) is 0 Å². The number of likely N-dealkylation sites (tertiary alicyclic amines) is 1. The van der Waals surface area contributed by atoms with Gasteiger partial charge in [-0.1, -0.05) is 23.7 Å². The fourth-order valence-corrected chi connectivity index (χ4v) is 5.42. The van der Waals surface area contributed by atoms with Crippen LogP contribution in [0.5, 0.6) is 5.75 Å². The Morgan fingerprint density at radius 3 is 2.37 bits per heavy atom. The summed E-state index contributed by atoms with van der Waals surface area (Å²) < 4.78 is 5.72. The maximum atomic E-state index is 12.8. The van der Waals surface area contributed by atoms with Crippen LogP contribution in [0.3, 0.4) is 0 Å². The van der Waals surface area contributed by atoms with Gasteiger partial charge in [-0.2, -0.15) is 0 Å². The first-order chi connectivity index (χ1) is 16.9. The summed E-state index contributed by atoms with van der Waals surface area (Å²) in [6.45, 7) is 2.03. The van der Waals surface area contributed by atoms with E-state index in [4.69, 9.17) is 16.3 Å². The Balaban J connectivity index is 1.22. The third kappa shape index (κ3) is 6.98. The van der Waals surface area contributed by atoms with Crippen molar-refractivity contribution >= 4 is 23.4 Å². The van der Waals surface area contributed by atoms with Gasteiger partial charge in [-0.15, -0.1) is 0 Å². The number of likely N-dealkylation sites (N-methyl/N-ethyl adjacent to an activating group) is 1. The Morgan fingerprint density at radius 2 is 1.71 bits per heavy atom. The topological polar surface area (TPSA) is 61.9 Å². The molecule has 0 aromatic heterocycles. The molecule has 7 heteroatoms. The number of rotatable bonds is 7. The summed E-state index contributed by atoms with van der Waals surface area (Å²) in [5.41, 5.74) is 1.96. The van der Waals surface area contributed by atoms with Gasteiger partial charge < -0.3 is 19.9 Å². The highest BCUT2D eigenvalue weighted by molar-refractivity contribution is 6.30. The number of ether oxygens (including phenoxy) is 1. The molecule has 188 valence electrons. The molecule has 0 radical (unpaired) electrons. The largest absolute Gasteiger partial charge is 0.484 e. The normalized spacial score (nSPS) is 22.9. The summed E-state index contributed by atoms with van der Waals surface area (Å²) in [4.78, 5) is 29.2. The lowest BCUT2D eigenvalue weighted by Crippen LogP contribution is -2.47. The second-order valence-electron chi connectivity index (χ2n) is 9.96. The van der Waals surface area contributed by atoms with Crippen molar-refractivity contribution in [3.05, 3.63) is 64.7 Å². The van der Waals surface area contributed by atoms with Crippen molar-refractivity contribution in [2.45, 2.75) is 56.5 Å². The van der Waals surface area contributed by atoms with Gasteiger partial charge >= 0.3 is 0 Å². The Kier molecular flexibility index (Phi) is 8.69. The van der Waals surface area contributed by atoms with Crippen LogP contribution < -0.4 is 10.1 Å². The number of nitrogens with one attached hydrogen (secondary N) is 1. The minimum Gasteiger partial charge on any atom is -0.484 e. The van der Waals surface area contributed by atoms with Gasteiger partial charge in [-0.05, 0) is 100.0 Å². The zero-order valence-corrected chi connectivity index (χ0v) is 21.5. The molecule has 2 aliphatic rings. The lowest BCUT2D eigenvalue weighted by atomic mass is 9.81. The highest BCUT2D eigenvalue weighted by Gasteiger charge is 2.28. The van der Waals surface area contributed by atoms with Crippen LogP contribution in [-0.4, -0.2) is 67.5 Å². The third-order valence-corrected chi connectivity index (χ3v) is 7.62. The van der Waals surface area contributed by atoms with E-state index in [0.29, 0.717) is 22.3 Å². The summed E-state index contributed by atoms with van der Waals surface area (Å²) in [6.07, 6.45) is 6.19. The summed E-state index contributed by atoms with van der Waals surface area (Å²) in [6, 6.07) is 15.7. The molecule has 1 N–H and O–H groups in total. The van der Waals surface area contributed by atoms with Gasteiger partial charge in [-0.3, -0.25) is 9.59 Å². The first-order valence-corrected chi connectivity index (χ1v) is 13.0. The molecule has 0 bridgehead atoms. The van der Waals surface area contributed by atoms with Crippen LogP contribution >= 0.6 is 11.6 Å². The molecule has 1 saturated carbocycles. The van der Waals surface area contributed by atoms with Crippen LogP contribution in [0.1, 0.15) is 60.4 Å². The van der Waals surface area contributed by atoms with Crippen molar-refractivity contribution < 1.29 is 14.3 Å². The fourth-order valence-electron chi connectivity index (χ4n) is 5.30. The smallest absolute Gasteiger partial charge is 0.258 e. The first kappa shape index (κ1) is 25.5. The molecule has 35 heavy (non-hydrogen) atoms. The van der Waals surface area contributed by atoms with Crippen LogP contribution in [-0.2, 0) is 4.79 Å². The van der Waals surface area contributed by atoms with E-state index in [1.807, 2.05) is 24.1 Å². The van der Waals surface area contributed by atoms with Gasteiger partial charge in [0.25, 0.3) is 11.8 Å². The fraction of sp³-hybridized carbons (Fsp3) is 0.500. The molecule has 2 amide bonds. The average molecular weight is 498 g/mol. The van der Waals surface area contributed by atoms with E-state index in [1.165, 1.54) is 5.56 Å². The van der Waals surface area contributed by atoms with Gasteiger partial charge in [0.05, 0.1) is 0 Å². The zero-order chi connectivity index (χ0) is 24.8. The van der Waals surface area contributed by atoms with E-state index < -0.39 is 0 Å². The summed E-state index contributed by atoms with van der Waals surface area (Å²) in [5, 5.41) is 3.71. The van der Waals surface area contributed by atoms with Crippen molar-refractivity contribution in [3.63, 3.8) is 0 Å². The number of nitrogens with zero attached hydrogens (tertiary/aromatic N) is 2. The lowest BCUT2D eigenvalue weighted by Gasteiger charge is -2.35. The molecule has 1 heterocycles. The molecule has 1 aliphatic heterocycles. The highest BCUT2D eigenvalue weighted by Crippen LogP contribution is 2.35. The van der Waals surface area contributed by atoms with Crippen LogP contribution in [0, 0.1) is 0 Å². The van der Waals surface area contributed by atoms with Crippen molar-refractivity contribution in [1.82, 2.24) is 15.1 Å². The van der Waals surface area contributed by atoms with Gasteiger partial charge in [0.2, 0.25) is 0 Å². The zero-order valence-electron chi connectivity index (χ0n) is 20.7. The number of hydrogen-bond donors (Lipinski definition) is 1. The van der Waals surface area contributed by atoms with Crippen LogP contribution in [0.4, 0.5) is 0 Å². The molecular weight excluding hydrogens is 462 g/mol. The maximum absolute atomic E-state index is 12.8. The van der Waals surface area contributed by atoms with E-state index in [0.717, 1.165) is 51.6 Å². The number of carbonyl (C=O) groups is 2. The van der Waals surface area contributed by atoms with E-state index in [2.05, 4.69) is 29.4 Å². The molecule has 0 unspecified atom stereocenters. The number of amides is 2. The second kappa shape index (κ2) is 11.9. The molecule has 1 aliphatic carbocycles. The van der Waals surface area contributed by atoms with Crippen molar-refractivity contribution in [2.24, 2.45) is 0 Å². The third-order valence-electron chi connectivity index (χ3n) is 7.37. The van der Waals surface area contributed by atoms with Crippen molar-refractivity contribution in [2.75, 3.05) is 33.8 Å². The van der Waals surface area contributed by atoms with Gasteiger partial charge in [-0.25, -0.2) is 0 Å². The molecule has 2 aromatic carbocycles. The molecule has 0 spiro atoms. The lowest BCUT2D eigenvalue weighted by molar-refractivity contribution is -0.124. The number of halogens is 1. The monoisotopic (exact) mass is 497 g/mol. The van der Waals surface area contributed by atoms with E-state index in [1.54, 1.807) is 24.3 Å². The number of hydrogen-bond acceptors (Lipinski definition) is 4. The average Bonchev–Trinajstić information content (AvgIpc) is 2.87. The van der Waals surface area contributed by atoms with Gasteiger partial charge in [0, 0.05) is 36.3 Å². The number of benzene rings is 2.